The SMILES string of the molecule is COc1ccccc1N1CCN(C(=O)c2ccc3[nH]c(C)cc3c2)CC1. The number of hydrogen-bond acceptors (Lipinski definition) is 3. The Morgan fingerprint density at radius 3 is 2.58 bits per heavy atom. The molecule has 0 aliphatic carbocycles. The van der Waals surface area contributed by atoms with Gasteiger partial charge in [-0.15, -0.1) is 0 Å². The van der Waals surface area contributed by atoms with Gasteiger partial charge in [0.1, 0.15) is 5.75 Å². The van der Waals surface area contributed by atoms with Crippen molar-refractivity contribution in [1.82, 2.24) is 9.88 Å². The number of nitrogens with one attached hydrogen (secondary N) is 1. The van der Waals surface area contributed by atoms with E-state index >= 15 is 0 Å². The van der Waals surface area contributed by atoms with Crippen LogP contribution in [0.3, 0.4) is 0 Å². The minimum atomic E-state index is 0.102. The van der Waals surface area contributed by atoms with Gasteiger partial charge in [-0.1, -0.05) is 12.1 Å². The van der Waals surface area contributed by atoms with E-state index in [1.165, 1.54) is 0 Å². The number of H-pyrrole nitrogens is 1. The number of piperazine rings is 1. The molecule has 5 nitrogen and oxygen atoms in total. The average Bonchev–Trinajstić information content (AvgIpc) is 3.06. The third kappa shape index (κ3) is 3.01. The molecule has 5 heteroatoms. The highest BCUT2D eigenvalue weighted by molar-refractivity contribution is 5.98. The number of rotatable bonds is 3. The number of anilines is 1. The first-order valence-corrected chi connectivity index (χ1v) is 8.92. The van der Waals surface area contributed by atoms with Crippen molar-refractivity contribution in [3.8, 4) is 5.75 Å². The van der Waals surface area contributed by atoms with Crippen LogP contribution in [0.1, 0.15) is 16.1 Å². The number of para-hydroxylation sites is 2. The number of carbonyl (C=O) groups is 1. The van der Waals surface area contributed by atoms with E-state index in [1.54, 1.807) is 7.11 Å². The van der Waals surface area contributed by atoms with Gasteiger partial charge in [-0.25, -0.2) is 0 Å². The maximum absolute atomic E-state index is 12.9. The van der Waals surface area contributed by atoms with Crippen molar-refractivity contribution in [3.05, 3.63) is 59.8 Å². The summed E-state index contributed by atoms with van der Waals surface area (Å²) in [5.74, 6) is 0.978. The average molecular weight is 349 g/mol. The molecule has 1 aromatic heterocycles. The number of fused-ring (bicyclic) bond motifs is 1. The van der Waals surface area contributed by atoms with E-state index in [1.807, 2.05) is 48.2 Å². The van der Waals surface area contributed by atoms with Crippen molar-refractivity contribution in [3.63, 3.8) is 0 Å². The summed E-state index contributed by atoms with van der Waals surface area (Å²) in [6, 6.07) is 16.0. The summed E-state index contributed by atoms with van der Waals surface area (Å²) in [5.41, 5.74) is 4.02. The molecule has 0 bridgehead atoms. The lowest BCUT2D eigenvalue weighted by Crippen LogP contribution is -2.48. The largest absolute Gasteiger partial charge is 0.495 e. The molecule has 1 saturated heterocycles. The highest BCUT2D eigenvalue weighted by Gasteiger charge is 2.23. The number of ether oxygens (including phenoxy) is 1. The molecule has 26 heavy (non-hydrogen) atoms. The van der Waals surface area contributed by atoms with Gasteiger partial charge < -0.3 is 19.5 Å². The van der Waals surface area contributed by atoms with Crippen LogP contribution >= 0.6 is 0 Å². The predicted octanol–water partition coefficient (Wildman–Crippen LogP) is 3.45. The van der Waals surface area contributed by atoms with Crippen LogP contribution in [0.25, 0.3) is 10.9 Å². The third-order valence-corrected chi connectivity index (χ3v) is 5.00. The molecule has 2 heterocycles. The van der Waals surface area contributed by atoms with Crippen molar-refractivity contribution in [1.29, 1.82) is 0 Å². The van der Waals surface area contributed by atoms with Gasteiger partial charge in [0, 0.05) is 48.3 Å². The van der Waals surface area contributed by atoms with E-state index in [0.717, 1.165) is 46.7 Å². The summed E-state index contributed by atoms with van der Waals surface area (Å²) in [4.78, 5) is 20.4. The van der Waals surface area contributed by atoms with Crippen LogP contribution in [0.2, 0.25) is 0 Å². The quantitative estimate of drug-likeness (QED) is 0.788. The zero-order valence-electron chi connectivity index (χ0n) is 15.2. The van der Waals surface area contributed by atoms with Crippen molar-refractivity contribution < 1.29 is 9.53 Å². The minimum Gasteiger partial charge on any atom is -0.495 e. The van der Waals surface area contributed by atoms with Gasteiger partial charge in [0.2, 0.25) is 0 Å². The lowest BCUT2D eigenvalue weighted by atomic mass is 10.1. The van der Waals surface area contributed by atoms with Gasteiger partial charge >= 0.3 is 0 Å². The number of nitrogens with zero attached hydrogens (tertiary/aromatic N) is 2. The number of aryl methyl sites for hydroxylation is 1. The van der Waals surface area contributed by atoms with E-state index in [9.17, 15) is 4.79 Å². The molecular weight excluding hydrogens is 326 g/mol. The summed E-state index contributed by atoms with van der Waals surface area (Å²) in [5, 5.41) is 1.08. The Labute approximate surface area is 153 Å². The number of aromatic nitrogens is 1. The first-order chi connectivity index (χ1) is 12.7. The van der Waals surface area contributed by atoms with Crippen LogP contribution in [0.5, 0.6) is 5.75 Å². The van der Waals surface area contributed by atoms with E-state index in [2.05, 4.69) is 22.0 Å². The maximum Gasteiger partial charge on any atom is 0.253 e. The molecular formula is C21H23N3O2. The van der Waals surface area contributed by atoms with Gasteiger partial charge in [0.05, 0.1) is 12.8 Å². The van der Waals surface area contributed by atoms with Crippen LogP contribution in [0, 0.1) is 6.92 Å². The van der Waals surface area contributed by atoms with Crippen molar-refractivity contribution in [2.24, 2.45) is 0 Å². The lowest BCUT2D eigenvalue weighted by Gasteiger charge is -2.36. The smallest absolute Gasteiger partial charge is 0.253 e. The molecule has 0 spiro atoms. The monoisotopic (exact) mass is 349 g/mol. The van der Waals surface area contributed by atoms with Crippen molar-refractivity contribution in [2.75, 3.05) is 38.2 Å². The minimum absolute atomic E-state index is 0.102. The first kappa shape index (κ1) is 16.5. The molecule has 1 fully saturated rings. The fraction of sp³-hybridized carbons (Fsp3) is 0.286. The highest BCUT2D eigenvalue weighted by Crippen LogP contribution is 2.28. The van der Waals surface area contributed by atoms with Crippen molar-refractivity contribution in [2.45, 2.75) is 6.92 Å². The van der Waals surface area contributed by atoms with Crippen LogP contribution in [0.4, 0.5) is 5.69 Å². The summed E-state index contributed by atoms with van der Waals surface area (Å²) in [6.45, 7) is 5.05. The van der Waals surface area contributed by atoms with E-state index in [4.69, 9.17) is 4.74 Å². The molecule has 1 N–H and O–H groups in total. The molecule has 0 saturated carbocycles. The first-order valence-electron chi connectivity index (χ1n) is 8.92. The van der Waals surface area contributed by atoms with Gasteiger partial charge in [-0.05, 0) is 43.3 Å². The number of aromatic amines is 1. The molecule has 0 radical (unpaired) electrons. The molecule has 3 aromatic rings. The topological polar surface area (TPSA) is 48.6 Å². The second-order valence-corrected chi connectivity index (χ2v) is 6.71. The fourth-order valence-corrected chi connectivity index (χ4v) is 3.63. The molecule has 0 atom stereocenters. The number of amides is 1. The molecule has 1 aliphatic rings. The normalized spacial score (nSPS) is 14.7. The van der Waals surface area contributed by atoms with Gasteiger partial charge in [-0.3, -0.25) is 4.79 Å². The summed E-state index contributed by atoms with van der Waals surface area (Å²) >= 11 is 0. The standard InChI is InChI=1S/C21H23N3O2/c1-15-13-17-14-16(7-8-18(17)22-15)21(25)24-11-9-23(10-12-24)19-5-3-4-6-20(19)26-2/h3-8,13-14,22H,9-12H2,1-2H3. The zero-order valence-corrected chi connectivity index (χ0v) is 15.2. The van der Waals surface area contributed by atoms with E-state index < -0.39 is 0 Å². The molecule has 134 valence electrons. The Bertz CT molecular complexity index is 939. The molecule has 2 aromatic carbocycles. The number of carbonyl (C=O) groups excluding carboxylic acids is 1. The van der Waals surface area contributed by atoms with Gasteiger partial charge in [0.25, 0.3) is 5.91 Å². The third-order valence-electron chi connectivity index (χ3n) is 5.00. The zero-order chi connectivity index (χ0) is 18.1. The van der Waals surface area contributed by atoms with Crippen LogP contribution in [-0.2, 0) is 0 Å². The number of methoxy groups -OCH3 is 1. The summed E-state index contributed by atoms with van der Waals surface area (Å²) in [6.07, 6.45) is 0. The summed E-state index contributed by atoms with van der Waals surface area (Å²) < 4.78 is 5.46. The van der Waals surface area contributed by atoms with Crippen LogP contribution in [0.15, 0.2) is 48.5 Å². The van der Waals surface area contributed by atoms with Gasteiger partial charge in [0.15, 0.2) is 0 Å². The molecule has 4 rings (SSSR count). The molecule has 1 aliphatic heterocycles. The summed E-state index contributed by atoms with van der Waals surface area (Å²) in [7, 11) is 1.69. The molecule has 0 unspecified atom stereocenters. The number of hydrogen-bond donors (Lipinski definition) is 1. The van der Waals surface area contributed by atoms with E-state index in [0.29, 0.717) is 13.1 Å². The Hall–Kier alpha value is -2.95. The highest BCUT2D eigenvalue weighted by atomic mass is 16.5. The van der Waals surface area contributed by atoms with Crippen molar-refractivity contribution >= 4 is 22.5 Å². The second-order valence-electron chi connectivity index (χ2n) is 6.71. The van der Waals surface area contributed by atoms with Crippen LogP contribution < -0.4 is 9.64 Å². The van der Waals surface area contributed by atoms with Crippen LogP contribution in [-0.4, -0.2) is 49.1 Å². The fourth-order valence-electron chi connectivity index (χ4n) is 3.63. The predicted molar refractivity (Wildman–Crippen MR) is 104 cm³/mol. The second kappa shape index (κ2) is 6.75. The Morgan fingerprint density at radius 1 is 1.04 bits per heavy atom. The number of benzene rings is 2. The Balaban J connectivity index is 1.47. The Kier molecular flexibility index (Phi) is 4.29. The van der Waals surface area contributed by atoms with Gasteiger partial charge in [-0.2, -0.15) is 0 Å². The molecule has 1 amide bonds. The maximum atomic E-state index is 12.9. The Morgan fingerprint density at radius 2 is 1.81 bits per heavy atom. The lowest BCUT2D eigenvalue weighted by molar-refractivity contribution is 0.0747. The van der Waals surface area contributed by atoms with E-state index in [-0.39, 0.29) is 5.91 Å².